The predicted octanol–water partition coefficient (Wildman–Crippen LogP) is 1.68. The van der Waals surface area contributed by atoms with Gasteiger partial charge in [0.25, 0.3) is 0 Å². The van der Waals surface area contributed by atoms with Crippen molar-refractivity contribution < 1.29 is 13.9 Å². The molecule has 1 aromatic rings. The summed E-state index contributed by atoms with van der Waals surface area (Å²) < 4.78 is 26.8. The SMILES string of the molecule is CN(CCNCC(O)c1c(F)cccc1F)C1CC1. The molecule has 19 heavy (non-hydrogen) atoms. The highest BCUT2D eigenvalue weighted by Crippen LogP contribution is 2.24. The Kier molecular flexibility index (Phi) is 4.85. The van der Waals surface area contributed by atoms with Crippen LogP contribution in [-0.4, -0.2) is 42.7 Å². The molecule has 0 bridgehead atoms. The highest BCUT2D eigenvalue weighted by Gasteiger charge is 2.25. The summed E-state index contributed by atoms with van der Waals surface area (Å²) in [5, 5.41) is 12.8. The van der Waals surface area contributed by atoms with Crippen molar-refractivity contribution in [2.45, 2.75) is 25.0 Å². The Labute approximate surface area is 112 Å². The molecular formula is C14H20F2N2O. The fourth-order valence-electron chi connectivity index (χ4n) is 2.12. The van der Waals surface area contributed by atoms with Crippen LogP contribution in [0.1, 0.15) is 24.5 Å². The summed E-state index contributed by atoms with van der Waals surface area (Å²) in [5.41, 5.74) is -0.259. The molecule has 1 fully saturated rings. The Morgan fingerprint density at radius 2 is 2.00 bits per heavy atom. The summed E-state index contributed by atoms with van der Waals surface area (Å²) >= 11 is 0. The number of nitrogens with one attached hydrogen (secondary N) is 1. The van der Waals surface area contributed by atoms with Gasteiger partial charge in [0.15, 0.2) is 0 Å². The van der Waals surface area contributed by atoms with E-state index in [1.165, 1.54) is 18.9 Å². The van der Waals surface area contributed by atoms with E-state index in [1.54, 1.807) is 0 Å². The molecule has 0 aromatic heterocycles. The third-order valence-corrected chi connectivity index (χ3v) is 3.48. The van der Waals surface area contributed by atoms with Crippen LogP contribution in [0, 0.1) is 11.6 Å². The van der Waals surface area contributed by atoms with Gasteiger partial charge in [-0.3, -0.25) is 0 Å². The van der Waals surface area contributed by atoms with Crippen LogP contribution in [-0.2, 0) is 0 Å². The van der Waals surface area contributed by atoms with E-state index in [1.807, 2.05) is 0 Å². The smallest absolute Gasteiger partial charge is 0.131 e. The molecule has 1 unspecified atom stereocenters. The van der Waals surface area contributed by atoms with E-state index in [9.17, 15) is 13.9 Å². The summed E-state index contributed by atoms with van der Waals surface area (Å²) in [6, 6.07) is 4.29. The lowest BCUT2D eigenvalue weighted by atomic mass is 10.1. The number of hydrogen-bond donors (Lipinski definition) is 2. The van der Waals surface area contributed by atoms with E-state index in [0.717, 1.165) is 18.7 Å². The second kappa shape index (κ2) is 6.41. The number of nitrogens with zero attached hydrogens (tertiary/aromatic N) is 1. The van der Waals surface area contributed by atoms with Crippen LogP contribution in [0.4, 0.5) is 8.78 Å². The third-order valence-electron chi connectivity index (χ3n) is 3.48. The van der Waals surface area contributed by atoms with Gasteiger partial charge in [-0.15, -0.1) is 0 Å². The van der Waals surface area contributed by atoms with Gasteiger partial charge >= 0.3 is 0 Å². The molecule has 0 spiro atoms. The van der Waals surface area contributed by atoms with Crippen molar-refractivity contribution in [1.29, 1.82) is 0 Å². The van der Waals surface area contributed by atoms with E-state index < -0.39 is 17.7 Å². The van der Waals surface area contributed by atoms with Crippen molar-refractivity contribution in [3.8, 4) is 0 Å². The average molecular weight is 270 g/mol. The first-order valence-electron chi connectivity index (χ1n) is 6.62. The Balaban J connectivity index is 1.75. The van der Waals surface area contributed by atoms with Gasteiger partial charge in [0, 0.05) is 25.7 Å². The minimum absolute atomic E-state index is 0.149. The topological polar surface area (TPSA) is 35.5 Å². The zero-order valence-electron chi connectivity index (χ0n) is 11.1. The van der Waals surface area contributed by atoms with Gasteiger partial charge in [-0.05, 0) is 32.0 Å². The number of hydrogen-bond acceptors (Lipinski definition) is 3. The minimum Gasteiger partial charge on any atom is -0.387 e. The van der Waals surface area contributed by atoms with Crippen LogP contribution in [0.5, 0.6) is 0 Å². The van der Waals surface area contributed by atoms with Gasteiger partial charge in [0.1, 0.15) is 11.6 Å². The number of aliphatic hydroxyl groups is 1. The van der Waals surface area contributed by atoms with Crippen molar-refractivity contribution in [1.82, 2.24) is 10.2 Å². The van der Waals surface area contributed by atoms with Gasteiger partial charge in [-0.1, -0.05) is 6.07 Å². The lowest BCUT2D eigenvalue weighted by molar-refractivity contribution is 0.163. The molecule has 1 atom stereocenters. The maximum absolute atomic E-state index is 13.4. The van der Waals surface area contributed by atoms with E-state index in [4.69, 9.17) is 0 Å². The van der Waals surface area contributed by atoms with Gasteiger partial charge < -0.3 is 15.3 Å². The Morgan fingerprint density at radius 1 is 1.37 bits per heavy atom. The van der Waals surface area contributed by atoms with Crippen LogP contribution < -0.4 is 5.32 Å². The van der Waals surface area contributed by atoms with Gasteiger partial charge in [-0.2, -0.15) is 0 Å². The lowest BCUT2D eigenvalue weighted by Crippen LogP contribution is -2.33. The maximum atomic E-state index is 13.4. The summed E-state index contributed by atoms with van der Waals surface area (Å²) in [5.74, 6) is -1.41. The van der Waals surface area contributed by atoms with Crippen LogP contribution in [0.2, 0.25) is 0 Å². The van der Waals surface area contributed by atoms with Crippen LogP contribution in [0.25, 0.3) is 0 Å². The molecule has 0 radical (unpaired) electrons. The molecule has 106 valence electrons. The Morgan fingerprint density at radius 3 is 2.58 bits per heavy atom. The molecule has 2 N–H and O–H groups in total. The largest absolute Gasteiger partial charge is 0.387 e. The second-order valence-corrected chi connectivity index (χ2v) is 5.07. The fraction of sp³-hybridized carbons (Fsp3) is 0.571. The van der Waals surface area contributed by atoms with E-state index in [-0.39, 0.29) is 12.1 Å². The van der Waals surface area contributed by atoms with Crippen LogP contribution in [0.15, 0.2) is 18.2 Å². The maximum Gasteiger partial charge on any atom is 0.131 e. The summed E-state index contributed by atoms with van der Waals surface area (Å²) in [4.78, 5) is 2.25. The summed E-state index contributed by atoms with van der Waals surface area (Å²) in [7, 11) is 2.06. The number of rotatable bonds is 7. The Bertz CT molecular complexity index is 404. The average Bonchev–Trinajstić information content (AvgIpc) is 3.18. The molecule has 1 saturated carbocycles. The van der Waals surface area contributed by atoms with Gasteiger partial charge in [0.2, 0.25) is 0 Å². The van der Waals surface area contributed by atoms with Crippen molar-refractivity contribution in [2.75, 3.05) is 26.7 Å². The molecule has 3 nitrogen and oxygen atoms in total. The van der Waals surface area contributed by atoms with E-state index >= 15 is 0 Å². The molecular weight excluding hydrogens is 250 g/mol. The molecule has 2 rings (SSSR count). The predicted molar refractivity (Wildman–Crippen MR) is 69.8 cm³/mol. The lowest BCUT2D eigenvalue weighted by Gasteiger charge is -2.17. The van der Waals surface area contributed by atoms with Gasteiger partial charge in [0.05, 0.1) is 11.7 Å². The molecule has 5 heteroatoms. The normalized spacial score (nSPS) is 16.9. The number of halogens is 2. The second-order valence-electron chi connectivity index (χ2n) is 5.07. The highest BCUT2D eigenvalue weighted by atomic mass is 19.1. The van der Waals surface area contributed by atoms with Crippen molar-refractivity contribution >= 4 is 0 Å². The first-order valence-corrected chi connectivity index (χ1v) is 6.62. The first-order chi connectivity index (χ1) is 9.09. The van der Waals surface area contributed by atoms with Crippen molar-refractivity contribution in [3.63, 3.8) is 0 Å². The molecule has 1 aliphatic rings. The van der Waals surface area contributed by atoms with Crippen LogP contribution >= 0.6 is 0 Å². The molecule has 0 aliphatic heterocycles. The summed E-state index contributed by atoms with van der Waals surface area (Å²) in [6.45, 7) is 1.72. The monoisotopic (exact) mass is 270 g/mol. The van der Waals surface area contributed by atoms with Crippen molar-refractivity contribution in [2.24, 2.45) is 0 Å². The van der Waals surface area contributed by atoms with Crippen molar-refractivity contribution in [3.05, 3.63) is 35.4 Å². The Hall–Kier alpha value is -1.04. The zero-order valence-corrected chi connectivity index (χ0v) is 11.1. The fourth-order valence-corrected chi connectivity index (χ4v) is 2.12. The minimum atomic E-state index is -1.16. The van der Waals surface area contributed by atoms with E-state index in [0.29, 0.717) is 12.6 Å². The quantitative estimate of drug-likeness (QED) is 0.740. The molecule has 1 aliphatic carbocycles. The first kappa shape index (κ1) is 14.4. The number of aliphatic hydroxyl groups excluding tert-OH is 1. The van der Waals surface area contributed by atoms with Gasteiger partial charge in [-0.25, -0.2) is 8.78 Å². The highest BCUT2D eigenvalue weighted by molar-refractivity contribution is 5.22. The molecule has 0 heterocycles. The molecule has 0 amide bonds. The summed E-state index contributed by atoms with van der Waals surface area (Å²) in [6.07, 6.45) is 1.34. The van der Waals surface area contributed by atoms with E-state index in [2.05, 4.69) is 17.3 Å². The standard InChI is InChI=1S/C14H20F2N2O/c1-18(10-5-6-10)8-7-17-9-13(19)14-11(15)3-2-4-12(14)16/h2-4,10,13,17,19H,5-9H2,1H3. The molecule has 0 saturated heterocycles. The third kappa shape index (κ3) is 3.96. The number of benzene rings is 1. The zero-order chi connectivity index (χ0) is 13.8. The molecule has 1 aromatic carbocycles. The van der Waals surface area contributed by atoms with Crippen LogP contribution in [0.3, 0.4) is 0 Å². The number of likely N-dealkylation sites (N-methyl/N-ethyl adjacent to an activating group) is 1.